The molecule has 0 fully saturated rings. The average Bonchev–Trinajstić information content (AvgIpc) is 2.78. The van der Waals surface area contributed by atoms with Crippen molar-refractivity contribution in [1.82, 2.24) is 20.5 Å². The Morgan fingerprint density at radius 1 is 0.793 bits per heavy atom. The molecule has 4 aromatic rings. The number of nitrogens with zero attached hydrogens (tertiary/aromatic N) is 3. The van der Waals surface area contributed by atoms with E-state index >= 15 is 0 Å². The van der Waals surface area contributed by atoms with Crippen LogP contribution in [0.2, 0.25) is 0 Å². The number of fused-ring (bicyclic) bond motifs is 1. The lowest BCUT2D eigenvalue weighted by Gasteiger charge is -2.10. The van der Waals surface area contributed by atoms with Crippen LogP contribution in [-0.2, 0) is 19.6 Å². The van der Waals surface area contributed by atoms with Crippen LogP contribution in [-0.4, -0.2) is 21.7 Å². The van der Waals surface area contributed by atoms with Crippen molar-refractivity contribution in [2.75, 3.05) is 12.3 Å². The summed E-state index contributed by atoms with van der Waals surface area (Å²) in [4.78, 5) is 4.67. The molecule has 0 bridgehead atoms. The number of pyridine rings is 1. The summed E-state index contributed by atoms with van der Waals surface area (Å²) < 4.78 is 5.89. The first kappa shape index (κ1) is 18.8. The Kier molecular flexibility index (Phi) is 5.92. The van der Waals surface area contributed by atoms with Gasteiger partial charge >= 0.3 is 0 Å². The summed E-state index contributed by atoms with van der Waals surface area (Å²) in [5.41, 5.74) is 9.05. The molecule has 2 heterocycles. The molecule has 2 aromatic heterocycles. The predicted molar refractivity (Wildman–Crippen MR) is 114 cm³/mol. The van der Waals surface area contributed by atoms with Gasteiger partial charge in [0.25, 0.3) is 0 Å². The summed E-state index contributed by atoms with van der Waals surface area (Å²) in [7, 11) is 0. The van der Waals surface area contributed by atoms with Crippen LogP contribution >= 0.6 is 0 Å². The highest BCUT2D eigenvalue weighted by molar-refractivity contribution is 5.93. The Balaban J connectivity index is 1.34. The highest BCUT2D eigenvalue weighted by Crippen LogP contribution is 2.26. The first-order valence-corrected chi connectivity index (χ1v) is 9.63. The fraction of sp³-hybridized carbons (Fsp3) is 0.174. The molecule has 29 heavy (non-hydrogen) atoms. The van der Waals surface area contributed by atoms with Gasteiger partial charge < -0.3 is 15.8 Å². The van der Waals surface area contributed by atoms with E-state index < -0.39 is 0 Å². The molecule has 146 valence electrons. The number of benzene rings is 2. The highest BCUT2D eigenvalue weighted by atomic mass is 16.5. The third kappa shape index (κ3) is 4.86. The number of nitrogen functional groups attached to an aromatic ring is 1. The van der Waals surface area contributed by atoms with Crippen molar-refractivity contribution in [3.63, 3.8) is 0 Å². The Hall–Kier alpha value is -3.51. The van der Waals surface area contributed by atoms with Gasteiger partial charge in [-0.25, -0.2) is 0 Å². The number of hydrogen-bond donors (Lipinski definition) is 2. The van der Waals surface area contributed by atoms with Crippen LogP contribution < -0.4 is 15.8 Å². The van der Waals surface area contributed by atoms with Crippen LogP contribution in [0.15, 0.2) is 72.8 Å². The minimum atomic E-state index is 0.320. The van der Waals surface area contributed by atoms with E-state index in [1.54, 1.807) is 0 Å². The summed E-state index contributed by atoms with van der Waals surface area (Å²) >= 11 is 0. The van der Waals surface area contributed by atoms with E-state index in [-0.39, 0.29) is 0 Å². The number of nitrogens with two attached hydrogens (primary N) is 1. The highest BCUT2D eigenvalue weighted by Gasteiger charge is 2.08. The van der Waals surface area contributed by atoms with Crippen LogP contribution in [0.4, 0.5) is 5.82 Å². The van der Waals surface area contributed by atoms with Gasteiger partial charge in [-0.1, -0.05) is 54.6 Å². The lowest BCUT2D eigenvalue weighted by atomic mass is 10.1. The van der Waals surface area contributed by atoms with E-state index in [4.69, 9.17) is 10.5 Å². The van der Waals surface area contributed by atoms with Gasteiger partial charge in [0.15, 0.2) is 5.82 Å². The van der Waals surface area contributed by atoms with Gasteiger partial charge in [-0.05, 0) is 36.7 Å². The Bertz CT molecular complexity index is 1080. The van der Waals surface area contributed by atoms with Gasteiger partial charge in [0.1, 0.15) is 6.61 Å². The van der Waals surface area contributed by atoms with Crippen molar-refractivity contribution in [3.05, 3.63) is 89.7 Å². The second kappa shape index (κ2) is 9.12. The maximum Gasteiger partial charge on any atom is 0.241 e. The van der Waals surface area contributed by atoms with Crippen molar-refractivity contribution in [2.24, 2.45) is 0 Å². The van der Waals surface area contributed by atoms with Crippen molar-refractivity contribution >= 4 is 16.6 Å². The quantitative estimate of drug-likeness (QED) is 0.451. The molecule has 0 atom stereocenters. The first-order chi connectivity index (χ1) is 14.3. The fourth-order valence-electron chi connectivity index (χ4n) is 3.15. The molecule has 0 saturated carbocycles. The molecule has 0 saturated heterocycles. The standard InChI is InChI=1S/C23H23N5O/c24-22-20-11-4-5-12-21(20)23(28-27-22)29-16-19-10-6-9-18(26-19)15-25-14-13-17-7-2-1-3-8-17/h1-12,25H,13-16H2,(H2,24,27). The molecule has 0 aliphatic rings. The molecule has 0 radical (unpaired) electrons. The topological polar surface area (TPSA) is 86.0 Å². The zero-order valence-corrected chi connectivity index (χ0v) is 16.1. The summed E-state index contributed by atoms with van der Waals surface area (Å²) in [5.74, 6) is 0.859. The summed E-state index contributed by atoms with van der Waals surface area (Å²) in [6.45, 7) is 1.94. The number of hydrogen-bond acceptors (Lipinski definition) is 6. The minimum Gasteiger partial charge on any atom is -0.470 e. The lowest BCUT2D eigenvalue weighted by molar-refractivity contribution is 0.290. The van der Waals surface area contributed by atoms with Crippen LogP contribution in [0.3, 0.4) is 0 Å². The third-order valence-electron chi connectivity index (χ3n) is 4.64. The number of anilines is 1. The first-order valence-electron chi connectivity index (χ1n) is 9.63. The molecule has 6 nitrogen and oxygen atoms in total. The van der Waals surface area contributed by atoms with Gasteiger partial charge in [0, 0.05) is 17.3 Å². The van der Waals surface area contributed by atoms with Crippen LogP contribution in [0.1, 0.15) is 17.0 Å². The smallest absolute Gasteiger partial charge is 0.241 e. The maximum absolute atomic E-state index is 5.90. The van der Waals surface area contributed by atoms with E-state index in [0.717, 1.165) is 35.1 Å². The minimum absolute atomic E-state index is 0.320. The van der Waals surface area contributed by atoms with Gasteiger partial charge in [-0.2, -0.15) is 0 Å². The SMILES string of the molecule is Nc1nnc(OCc2cccc(CNCCc3ccccc3)n2)c2ccccc12. The molecule has 0 aliphatic heterocycles. The largest absolute Gasteiger partial charge is 0.470 e. The summed E-state index contributed by atoms with van der Waals surface area (Å²) in [6, 6.07) is 24.1. The fourth-order valence-corrected chi connectivity index (χ4v) is 3.15. The molecule has 4 rings (SSSR count). The number of ether oxygens (including phenoxy) is 1. The third-order valence-corrected chi connectivity index (χ3v) is 4.64. The van der Waals surface area contributed by atoms with E-state index in [0.29, 0.717) is 24.8 Å². The summed E-state index contributed by atoms with van der Waals surface area (Å²) in [5, 5.41) is 13.2. The molecule has 0 aliphatic carbocycles. The zero-order valence-electron chi connectivity index (χ0n) is 16.1. The number of nitrogens with one attached hydrogen (secondary N) is 1. The van der Waals surface area contributed by atoms with Crippen LogP contribution in [0, 0.1) is 0 Å². The van der Waals surface area contributed by atoms with E-state index in [1.165, 1.54) is 5.56 Å². The van der Waals surface area contributed by atoms with Crippen molar-refractivity contribution in [1.29, 1.82) is 0 Å². The van der Waals surface area contributed by atoms with Crippen LogP contribution in [0.5, 0.6) is 5.88 Å². The summed E-state index contributed by atoms with van der Waals surface area (Å²) in [6.07, 6.45) is 0.993. The second-order valence-corrected chi connectivity index (χ2v) is 6.76. The van der Waals surface area contributed by atoms with E-state index in [2.05, 4.69) is 44.8 Å². The van der Waals surface area contributed by atoms with Gasteiger partial charge in [0.05, 0.1) is 11.4 Å². The van der Waals surface area contributed by atoms with Crippen molar-refractivity contribution in [3.8, 4) is 5.88 Å². The Morgan fingerprint density at radius 2 is 1.55 bits per heavy atom. The normalized spacial score (nSPS) is 10.9. The number of aromatic nitrogens is 3. The Labute approximate surface area is 169 Å². The second-order valence-electron chi connectivity index (χ2n) is 6.76. The van der Waals surface area contributed by atoms with Gasteiger partial charge in [-0.15, -0.1) is 10.2 Å². The monoisotopic (exact) mass is 385 g/mol. The van der Waals surface area contributed by atoms with Crippen LogP contribution in [0.25, 0.3) is 10.8 Å². The lowest BCUT2D eigenvalue weighted by Crippen LogP contribution is -2.17. The molecule has 3 N–H and O–H groups in total. The molecule has 0 unspecified atom stereocenters. The molecule has 0 amide bonds. The molecule has 2 aromatic carbocycles. The van der Waals surface area contributed by atoms with E-state index in [9.17, 15) is 0 Å². The Morgan fingerprint density at radius 3 is 2.41 bits per heavy atom. The zero-order chi connectivity index (χ0) is 19.9. The van der Waals surface area contributed by atoms with E-state index in [1.807, 2.05) is 48.5 Å². The van der Waals surface area contributed by atoms with Gasteiger partial charge in [0.2, 0.25) is 5.88 Å². The number of rotatable bonds is 8. The van der Waals surface area contributed by atoms with Gasteiger partial charge in [-0.3, -0.25) is 4.98 Å². The molecular weight excluding hydrogens is 362 g/mol. The molecular formula is C23H23N5O. The van der Waals surface area contributed by atoms with Crippen molar-refractivity contribution < 1.29 is 4.74 Å². The molecule has 0 spiro atoms. The maximum atomic E-state index is 5.90. The predicted octanol–water partition coefficient (Wildman–Crippen LogP) is 3.52. The van der Waals surface area contributed by atoms with Crippen molar-refractivity contribution in [2.45, 2.75) is 19.6 Å². The average molecular weight is 385 g/mol. The molecule has 6 heteroatoms.